The van der Waals surface area contributed by atoms with Gasteiger partial charge in [-0.2, -0.15) is 0 Å². The Balaban J connectivity index is 2.36. The quantitative estimate of drug-likeness (QED) is 0.505. The fourth-order valence-corrected chi connectivity index (χ4v) is 2.56. The maximum atomic E-state index is 5.17. The maximum Gasteiger partial charge on any atom is 0.118 e. The minimum atomic E-state index is 0.704. The molecule has 0 fully saturated rings. The van der Waals surface area contributed by atoms with Gasteiger partial charge >= 0.3 is 0 Å². The van der Waals surface area contributed by atoms with Crippen LogP contribution in [0.1, 0.15) is 24.8 Å². The van der Waals surface area contributed by atoms with Crippen molar-refractivity contribution in [3.05, 3.63) is 29.8 Å². The normalized spacial score (nSPS) is 12.4. The zero-order valence-electron chi connectivity index (χ0n) is 11.3. The second-order valence-corrected chi connectivity index (χ2v) is 5.21. The standard InChI is InChI=1S/C15H23BrO2/c1-17-10-4-3-5-14(12-16)11-13-6-8-15(18-2)9-7-13/h6-9,14H,3-5,10-12H2,1-2H3. The van der Waals surface area contributed by atoms with E-state index in [2.05, 4.69) is 28.1 Å². The van der Waals surface area contributed by atoms with E-state index in [1.807, 2.05) is 12.1 Å². The summed E-state index contributed by atoms with van der Waals surface area (Å²) >= 11 is 3.61. The van der Waals surface area contributed by atoms with Crippen LogP contribution in [0.3, 0.4) is 0 Å². The fourth-order valence-electron chi connectivity index (χ4n) is 2.01. The van der Waals surface area contributed by atoms with Crippen molar-refractivity contribution in [1.82, 2.24) is 0 Å². The van der Waals surface area contributed by atoms with E-state index in [1.165, 1.54) is 18.4 Å². The third kappa shape index (κ3) is 5.87. The van der Waals surface area contributed by atoms with E-state index in [0.29, 0.717) is 5.92 Å². The van der Waals surface area contributed by atoms with Crippen molar-refractivity contribution in [3.63, 3.8) is 0 Å². The molecule has 0 spiro atoms. The van der Waals surface area contributed by atoms with Crippen LogP contribution in [0.4, 0.5) is 0 Å². The maximum absolute atomic E-state index is 5.17. The highest BCUT2D eigenvalue weighted by atomic mass is 79.9. The van der Waals surface area contributed by atoms with Crippen LogP contribution in [0.5, 0.6) is 5.75 Å². The lowest BCUT2D eigenvalue weighted by Crippen LogP contribution is -2.07. The van der Waals surface area contributed by atoms with Gasteiger partial charge in [0.1, 0.15) is 5.75 Å². The van der Waals surface area contributed by atoms with Gasteiger partial charge in [-0.05, 0) is 42.9 Å². The Hall–Kier alpha value is -0.540. The SMILES string of the molecule is COCCCCC(CBr)Cc1ccc(OC)cc1. The smallest absolute Gasteiger partial charge is 0.118 e. The molecular weight excluding hydrogens is 292 g/mol. The topological polar surface area (TPSA) is 18.5 Å². The van der Waals surface area contributed by atoms with Crippen LogP contribution in [0, 0.1) is 5.92 Å². The molecule has 1 rings (SSSR count). The largest absolute Gasteiger partial charge is 0.497 e. The molecule has 0 aromatic heterocycles. The van der Waals surface area contributed by atoms with Gasteiger partial charge in [0.2, 0.25) is 0 Å². The highest BCUT2D eigenvalue weighted by Crippen LogP contribution is 2.19. The Morgan fingerprint density at radius 3 is 2.39 bits per heavy atom. The molecule has 3 heteroatoms. The molecule has 0 aliphatic heterocycles. The van der Waals surface area contributed by atoms with Crippen LogP contribution in [0.25, 0.3) is 0 Å². The molecule has 0 heterocycles. The summed E-state index contributed by atoms with van der Waals surface area (Å²) < 4.78 is 10.2. The van der Waals surface area contributed by atoms with Gasteiger partial charge in [0.25, 0.3) is 0 Å². The van der Waals surface area contributed by atoms with E-state index >= 15 is 0 Å². The third-order valence-electron chi connectivity index (χ3n) is 3.11. The monoisotopic (exact) mass is 314 g/mol. The lowest BCUT2D eigenvalue weighted by molar-refractivity contribution is 0.190. The first-order valence-corrected chi connectivity index (χ1v) is 7.60. The zero-order chi connectivity index (χ0) is 13.2. The van der Waals surface area contributed by atoms with Crippen molar-refractivity contribution in [2.75, 3.05) is 26.2 Å². The Labute approximate surface area is 119 Å². The molecule has 0 N–H and O–H groups in total. The van der Waals surface area contributed by atoms with Crippen molar-refractivity contribution in [1.29, 1.82) is 0 Å². The number of methoxy groups -OCH3 is 2. The number of unbranched alkanes of at least 4 members (excludes halogenated alkanes) is 1. The van der Waals surface area contributed by atoms with Crippen molar-refractivity contribution in [2.24, 2.45) is 5.92 Å². The molecule has 0 amide bonds. The van der Waals surface area contributed by atoms with Crippen LogP contribution in [-0.4, -0.2) is 26.2 Å². The lowest BCUT2D eigenvalue weighted by Gasteiger charge is -2.14. The number of hydrogen-bond acceptors (Lipinski definition) is 2. The van der Waals surface area contributed by atoms with E-state index in [-0.39, 0.29) is 0 Å². The second-order valence-electron chi connectivity index (χ2n) is 4.56. The first kappa shape index (κ1) is 15.5. The van der Waals surface area contributed by atoms with Crippen LogP contribution in [-0.2, 0) is 11.2 Å². The van der Waals surface area contributed by atoms with Crippen LogP contribution in [0.15, 0.2) is 24.3 Å². The predicted molar refractivity (Wildman–Crippen MR) is 79.7 cm³/mol. The molecular formula is C15H23BrO2. The van der Waals surface area contributed by atoms with Gasteiger partial charge in [-0.15, -0.1) is 0 Å². The van der Waals surface area contributed by atoms with Gasteiger partial charge in [-0.1, -0.05) is 34.5 Å². The summed E-state index contributed by atoms with van der Waals surface area (Å²) in [6.07, 6.45) is 4.77. The van der Waals surface area contributed by atoms with Crippen LogP contribution in [0.2, 0.25) is 0 Å². The van der Waals surface area contributed by atoms with E-state index in [9.17, 15) is 0 Å². The summed E-state index contributed by atoms with van der Waals surface area (Å²) in [6.45, 7) is 0.873. The highest BCUT2D eigenvalue weighted by Gasteiger charge is 2.08. The van der Waals surface area contributed by atoms with E-state index in [0.717, 1.165) is 30.5 Å². The molecule has 18 heavy (non-hydrogen) atoms. The molecule has 1 aromatic rings. The van der Waals surface area contributed by atoms with Gasteiger partial charge in [-0.3, -0.25) is 0 Å². The summed E-state index contributed by atoms with van der Waals surface area (Å²) in [5.74, 6) is 1.63. The molecule has 0 saturated carbocycles. The molecule has 0 aliphatic carbocycles. The zero-order valence-corrected chi connectivity index (χ0v) is 12.9. The highest BCUT2D eigenvalue weighted by molar-refractivity contribution is 9.09. The number of halogens is 1. The van der Waals surface area contributed by atoms with Crippen LogP contribution >= 0.6 is 15.9 Å². The molecule has 1 atom stereocenters. The van der Waals surface area contributed by atoms with Crippen molar-refractivity contribution in [3.8, 4) is 5.75 Å². The van der Waals surface area contributed by atoms with E-state index in [4.69, 9.17) is 9.47 Å². The average molecular weight is 315 g/mol. The molecule has 0 saturated heterocycles. The number of rotatable bonds is 9. The molecule has 1 aromatic carbocycles. The molecule has 0 radical (unpaired) electrons. The van der Waals surface area contributed by atoms with Gasteiger partial charge < -0.3 is 9.47 Å². The number of alkyl halides is 1. The lowest BCUT2D eigenvalue weighted by atomic mass is 9.96. The second kappa shape index (κ2) is 9.40. The van der Waals surface area contributed by atoms with Crippen LogP contribution < -0.4 is 4.74 Å². The van der Waals surface area contributed by atoms with E-state index in [1.54, 1.807) is 14.2 Å². The third-order valence-corrected chi connectivity index (χ3v) is 4.03. The minimum Gasteiger partial charge on any atom is -0.497 e. The van der Waals surface area contributed by atoms with Gasteiger partial charge in [0.05, 0.1) is 7.11 Å². The molecule has 2 nitrogen and oxygen atoms in total. The van der Waals surface area contributed by atoms with Gasteiger partial charge in [0, 0.05) is 19.0 Å². The number of hydrogen-bond donors (Lipinski definition) is 0. The summed E-state index contributed by atoms with van der Waals surface area (Å²) in [5, 5.41) is 1.06. The number of benzene rings is 1. The van der Waals surface area contributed by atoms with Crippen molar-refractivity contribution in [2.45, 2.75) is 25.7 Å². The van der Waals surface area contributed by atoms with Crippen molar-refractivity contribution >= 4 is 15.9 Å². The Morgan fingerprint density at radius 2 is 1.83 bits per heavy atom. The Bertz CT molecular complexity index is 311. The summed E-state index contributed by atoms with van der Waals surface area (Å²) in [5.41, 5.74) is 1.38. The summed E-state index contributed by atoms with van der Waals surface area (Å²) in [6, 6.07) is 8.38. The summed E-state index contributed by atoms with van der Waals surface area (Å²) in [7, 11) is 3.46. The van der Waals surface area contributed by atoms with Crippen molar-refractivity contribution < 1.29 is 9.47 Å². The Kier molecular flexibility index (Phi) is 8.10. The van der Waals surface area contributed by atoms with E-state index < -0.39 is 0 Å². The fraction of sp³-hybridized carbons (Fsp3) is 0.600. The molecule has 1 unspecified atom stereocenters. The molecule has 102 valence electrons. The molecule has 0 bridgehead atoms. The minimum absolute atomic E-state index is 0.704. The first-order chi connectivity index (χ1) is 8.80. The number of ether oxygens (including phenoxy) is 2. The van der Waals surface area contributed by atoms with Gasteiger partial charge in [0.15, 0.2) is 0 Å². The average Bonchev–Trinajstić information content (AvgIpc) is 2.43. The van der Waals surface area contributed by atoms with Gasteiger partial charge in [-0.25, -0.2) is 0 Å². The first-order valence-electron chi connectivity index (χ1n) is 6.48. The molecule has 0 aliphatic rings. The summed E-state index contributed by atoms with van der Waals surface area (Å²) in [4.78, 5) is 0. The Morgan fingerprint density at radius 1 is 1.11 bits per heavy atom. The predicted octanol–water partition coefficient (Wildman–Crippen LogP) is 4.07.